The Morgan fingerprint density at radius 2 is 1.89 bits per heavy atom. The lowest BCUT2D eigenvalue weighted by molar-refractivity contribution is 0.884. The predicted octanol–water partition coefficient (Wildman–Crippen LogP) is 1.99. The molecule has 1 heterocycles. The third kappa shape index (κ3) is 2.56. The maximum atomic E-state index is 5.86. The first-order valence-electron chi connectivity index (χ1n) is 5.83. The van der Waals surface area contributed by atoms with Gasteiger partial charge in [-0.15, -0.1) is 5.10 Å². The van der Waals surface area contributed by atoms with Gasteiger partial charge in [0.25, 0.3) is 0 Å². The molecule has 0 spiro atoms. The van der Waals surface area contributed by atoms with Crippen LogP contribution in [0.15, 0.2) is 18.2 Å². The summed E-state index contributed by atoms with van der Waals surface area (Å²) in [7, 11) is 0. The van der Waals surface area contributed by atoms with Crippen molar-refractivity contribution in [1.29, 1.82) is 0 Å². The quantitative estimate of drug-likeness (QED) is 0.806. The monoisotopic (exact) mass is 243 g/mol. The zero-order chi connectivity index (χ0) is 13.1. The van der Waals surface area contributed by atoms with Crippen LogP contribution in [0, 0.1) is 20.8 Å². The number of nitrogens with zero attached hydrogens (tertiary/aromatic N) is 3. The normalized spacial score (nSPS) is 10.4. The minimum absolute atomic E-state index is 0.542. The van der Waals surface area contributed by atoms with Gasteiger partial charge in [-0.3, -0.25) is 0 Å². The van der Waals surface area contributed by atoms with Crippen molar-refractivity contribution in [1.82, 2.24) is 15.2 Å². The molecular formula is C13H17N5. The Kier molecular flexibility index (Phi) is 3.41. The SMILES string of the molecule is Cc1nnc(NCc2cccc(N)c2C)nc1C. The third-order valence-electron chi connectivity index (χ3n) is 3.02. The lowest BCUT2D eigenvalue weighted by atomic mass is 10.1. The Labute approximate surface area is 106 Å². The van der Waals surface area contributed by atoms with Crippen LogP contribution in [0.1, 0.15) is 22.5 Å². The minimum atomic E-state index is 0.542. The molecule has 2 aromatic rings. The van der Waals surface area contributed by atoms with E-state index in [-0.39, 0.29) is 0 Å². The standard InChI is InChI=1S/C13H17N5/c1-8-11(5-4-6-12(8)14)7-15-13-16-9(2)10(3)17-18-13/h4-6H,7,14H2,1-3H3,(H,15,16,18). The maximum Gasteiger partial charge on any atom is 0.243 e. The molecule has 0 fully saturated rings. The number of rotatable bonds is 3. The number of aryl methyl sites for hydroxylation is 2. The lowest BCUT2D eigenvalue weighted by Gasteiger charge is -2.09. The summed E-state index contributed by atoms with van der Waals surface area (Å²) < 4.78 is 0. The van der Waals surface area contributed by atoms with E-state index < -0.39 is 0 Å². The van der Waals surface area contributed by atoms with Crippen molar-refractivity contribution in [2.75, 3.05) is 11.1 Å². The van der Waals surface area contributed by atoms with Gasteiger partial charge in [0.05, 0.1) is 11.4 Å². The van der Waals surface area contributed by atoms with Crippen molar-refractivity contribution in [2.45, 2.75) is 27.3 Å². The van der Waals surface area contributed by atoms with Crippen LogP contribution in [0.3, 0.4) is 0 Å². The van der Waals surface area contributed by atoms with E-state index >= 15 is 0 Å². The molecule has 5 nitrogen and oxygen atoms in total. The number of aromatic nitrogens is 3. The maximum absolute atomic E-state index is 5.86. The summed E-state index contributed by atoms with van der Waals surface area (Å²) in [5.74, 6) is 0.542. The molecule has 0 bridgehead atoms. The molecule has 0 amide bonds. The summed E-state index contributed by atoms with van der Waals surface area (Å²) in [4.78, 5) is 4.32. The van der Waals surface area contributed by atoms with Gasteiger partial charge in [0.15, 0.2) is 0 Å². The van der Waals surface area contributed by atoms with E-state index in [1.54, 1.807) is 0 Å². The molecular weight excluding hydrogens is 226 g/mol. The Bertz CT molecular complexity index is 565. The summed E-state index contributed by atoms with van der Waals surface area (Å²) in [6.45, 7) is 6.45. The van der Waals surface area contributed by atoms with Gasteiger partial charge in [-0.1, -0.05) is 12.1 Å². The van der Waals surface area contributed by atoms with Crippen molar-refractivity contribution in [3.63, 3.8) is 0 Å². The number of benzene rings is 1. The van der Waals surface area contributed by atoms with Gasteiger partial charge in [-0.05, 0) is 38.0 Å². The van der Waals surface area contributed by atoms with Gasteiger partial charge in [0.2, 0.25) is 5.95 Å². The Balaban J connectivity index is 2.11. The van der Waals surface area contributed by atoms with E-state index in [9.17, 15) is 0 Å². The summed E-state index contributed by atoms with van der Waals surface area (Å²) in [5, 5.41) is 11.2. The van der Waals surface area contributed by atoms with Crippen molar-refractivity contribution < 1.29 is 0 Å². The van der Waals surface area contributed by atoms with E-state index in [2.05, 4.69) is 20.5 Å². The number of nitrogens with two attached hydrogens (primary N) is 1. The van der Waals surface area contributed by atoms with E-state index in [1.165, 1.54) is 0 Å². The molecule has 18 heavy (non-hydrogen) atoms. The van der Waals surface area contributed by atoms with Crippen molar-refractivity contribution >= 4 is 11.6 Å². The van der Waals surface area contributed by atoms with Gasteiger partial charge in [0.1, 0.15) is 0 Å². The van der Waals surface area contributed by atoms with E-state index in [0.29, 0.717) is 12.5 Å². The molecule has 94 valence electrons. The number of nitrogens with one attached hydrogen (secondary N) is 1. The summed E-state index contributed by atoms with van der Waals surface area (Å²) in [6.07, 6.45) is 0. The first-order chi connectivity index (χ1) is 8.58. The average molecular weight is 243 g/mol. The minimum Gasteiger partial charge on any atom is -0.399 e. The lowest BCUT2D eigenvalue weighted by Crippen LogP contribution is -2.08. The topological polar surface area (TPSA) is 76.7 Å². The Morgan fingerprint density at radius 3 is 2.61 bits per heavy atom. The third-order valence-corrected chi connectivity index (χ3v) is 3.02. The molecule has 1 aromatic carbocycles. The first-order valence-corrected chi connectivity index (χ1v) is 5.83. The molecule has 0 aliphatic heterocycles. The van der Waals surface area contributed by atoms with Gasteiger partial charge >= 0.3 is 0 Å². The molecule has 1 aromatic heterocycles. The molecule has 3 N–H and O–H groups in total. The van der Waals surface area contributed by atoms with Crippen LogP contribution in [0.5, 0.6) is 0 Å². The van der Waals surface area contributed by atoms with Crippen LogP contribution in [0.4, 0.5) is 11.6 Å². The molecule has 0 radical (unpaired) electrons. The van der Waals surface area contributed by atoms with Crippen molar-refractivity contribution in [3.05, 3.63) is 40.7 Å². The second-order valence-electron chi connectivity index (χ2n) is 4.29. The predicted molar refractivity (Wildman–Crippen MR) is 72.2 cm³/mol. The smallest absolute Gasteiger partial charge is 0.243 e. The molecule has 0 aliphatic carbocycles. The van der Waals surface area contributed by atoms with Gasteiger partial charge in [-0.25, -0.2) is 4.98 Å². The largest absolute Gasteiger partial charge is 0.399 e. The number of hydrogen-bond donors (Lipinski definition) is 2. The summed E-state index contributed by atoms with van der Waals surface area (Å²) in [5.41, 5.74) is 10.6. The second kappa shape index (κ2) is 5.00. The molecule has 0 unspecified atom stereocenters. The van der Waals surface area contributed by atoms with E-state index in [0.717, 1.165) is 28.2 Å². The van der Waals surface area contributed by atoms with Crippen LogP contribution in [0.2, 0.25) is 0 Å². The van der Waals surface area contributed by atoms with Gasteiger partial charge in [-0.2, -0.15) is 5.10 Å². The van der Waals surface area contributed by atoms with Gasteiger partial charge < -0.3 is 11.1 Å². The molecule has 2 rings (SSSR count). The average Bonchev–Trinajstić information content (AvgIpc) is 2.35. The van der Waals surface area contributed by atoms with Crippen molar-refractivity contribution in [2.24, 2.45) is 0 Å². The van der Waals surface area contributed by atoms with Crippen LogP contribution in [-0.4, -0.2) is 15.2 Å². The van der Waals surface area contributed by atoms with E-state index in [1.807, 2.05) is 39.0 Å². The fourth-order valence-corrected chi connectivity index (χ4v) is 1.60. The molecule has 0 atom stereocenters. The van der Waals surface area contributed by atoms with Crippen LogP contribution >= 0.6 is 0 Å². The molecule has 0 saturated heterocycles. The van der Waals surface area contributed by atoms with Crippen LogP contribution in [0.25, 0.3) is 0 Å². The van der Waals surface area contributed by atoms with Crippen LogP contribution < -0.4 is 11.1 Å². The molecule has 0 saturated carbocycles. The first kappa shape index (κ1) is 12.3. The molecule has 0 aliphatic rings. The summed E-state index contributed by atoms with van der Waals surface area (Å²) >= 11 is 0. The number of nitrogen functional groups attached to an aromatic ring is 1. The zero-order valence-corrected chi connectivity index (χ0v) is 10.9. The van der Waals surface area contributed by atoms with Crippen LogP contribution in [-0.2, 0) is 6.54 Å². The van der Waals surface area contributed by atoms with Gasteiger partial charge in [0, 0.05) is 12.2 Å². The summed E-state index contributed by atoms with van der Waals surface area (Å²) in [6, 6.07) is 5.87. The number of anilines is 2. The van der Waals surface area contributed by atoms with Crippen molar-refractivity contribution in [3.8, 4) is 0 Å². The Morgan fingerprint density at radius 1 is 1.11 bits per heavy atom. The zero-order valence-electron chi connectivity index (χ0n) is 10.9. The molecule has 5 heteroatoms. The highest BCUT2D eigenvalue weighted by atomic mass is 15.2. The fraction of sp³-hybridized carbons (Fsp3) is 0.308. The highest BCUT2D eigenvalue weighted by Crippen LogP contribution is 2.16. The highest BCUT2D eigenvalue weighted by molar-refractivity contribution is 5.50. The fourth-order valence-electron chi connectivity index (χ4n) is 1.60. The Hall–Kier alpha value is -2.17. The second-order valence-corrected chi connectivity index (χ2v) is 4.29. The highest BCUT2D eigenvalue weighted by Gasteiger charge is 2.04. The van der Waals surface area contributed by atoms with E-state index in [4.69, 9.17) is 5.73 Å². The number of hydrogen-bond acceptors (Lipinski definition) is 5.